The van der Waals surface area contributed by atoms with E-state index in [9.17, 15) is 9.59 Å². The zero-order valence-corrected chi connectivity index (χ0v) is 11.4. The van der Waals surface area contributed by atoms with Crippen LogP contribution in [0.1, 0.15) is 18.4 Å². The van der Waals surface area contributed by atoms with E-state index in [1.165, 1.54) is 0 Å². The number of aromatic nitrogens is 2. The number of hydrogen-bond acceptors (Lipinski definition) is 2. The second kappa shape index (κ2) is 4.94. The first kappa shape index (κ1) is 13.2. The summed E-state index contributed by atoms with van der Waals surface area (Å²) in [6.07, 6.45) is 0. The van der Waals surface area contributed by atoms with Gasteiger partial charge in [-0.05, 0) is 36.8 Å². The molecule has 0 bridgehead atoms. The number of carboxylic acids is 1. The van der Waals surface area contributed by atoms with Crippen molar-refractivity contribution in [3.05, 3.63) is 64.4 Å². The van der Waals surface area contributed by atoms with Crippen LogP contribution in [0.3, 0.4) is 0 Å². The number of carbonyl (C=O) groups is 1. The number of nitrogens with zero attached hydrogens (tertiary/aromatic N) is 1. The minimum atomic E-state index is -0.859. The van der Waals surface area contributed by atoms with E-state index in [0.717, 1.165) is 16.8 Å². The van der Waals surface area contributed by atoms with Gasteiger partial charge in [0.2, 0.25) is 0 Å². The van der Waals surface area contributed by atoms with Crippen molar-refractivity contribution in [2.45, 2.75) is 12.8 Å². The number of aliphatic carboxylic acids is 1. The van der Waals surface area contributed by atoms with Crippen molar-refractivity contribution in [3.8, 4) is 5.69 Å². The van der Waals surface area contributed by atoms with E-state index in [2.05, 4.69) is 5.10 Å². The maximum Gasteiger partial charge on any atom is 0.310 e. The Morgan fingerprint density at radius 2 is 1.81 bits per heavy atom. The van der Waals surface area contributed by atoms with Crippen molar-refractivity contribution < 1.29 is 9.90 Å². The van der Waals surface area contributed by atoms with E-state index in [-0.39, 0.29) is 5.56 Å². The van der Waals surface area contributed by atoms with Gasteiger partial charge in [0, 0.05) is 0 Å². The van der Waals surface area contributed by atoms with Gasteiger partial charge in [0.05, 0.1) is 22.5 Å². The smallest absolute Gasteiger partial charge is 0.310 e. The molecule has 0 spiro atoms. The Balaban J connectivity index is 2.08. The summed E-state index contributed by atoms with van der Waals surface area (Å²) < 4.78 is 1.70. The lowest BCUT2D eigenvalue weighted by molar-refractivity contribution is -0.138. The van der Waals surface area contributed by atoms with Crippen LogP contribution in [0.5, 0.6) is 0 Å². The molecule has 2 aromatic carbocycles. The number of hydrogen-bond donors (Lipinski definition) is 2. The minimum absolute atomic E-state index is 0.145. The Bertz CT molecular complexity index is 859. The molecule has 0 saturated heterocycles. The zero-order chi connectivity index (χ0) is 15.0. The van der Waals surface area contributed by atoms with Crippen molar-refractivity contribution in [2.75, 3.05) is 0 Å². The van der Waals surface area contributed by atoms with Crippen molar-refractivity contribution in [3.63, 3.8) is 0 Å². The predicted octanol–water partition coefficient (Wildman–Crippen LogP) is 2.51. The van der Waals surface area contributed by atoms with Gasteiger partial charge in [-0.15, -0.1) is 0 Å². The van der Waals surface area contributed by atoms with E-state index in [1.54, 1.807) is 41.9 Å². The highest BCUT2D eigenvalue weighted by Crippen LogP contribution is 2.19. The van der Waals surface area contributed by atoms with Crippen LogP contribution in [0.2, 0.25) is 0 Å². The van der Waals surface area contributed by atoms with Crippen molar-refractivity contribution in [1.82, 2.24) is 9.78 Å². The highest BCUT2D eigenvalue weighted by atomic mass is 16.4. The van der Waals surface area contributed by atoms with E-state index in [4.69, 9.17) is 5.11 Å². The fraction of sp³-hybridized carbons (Fsp3) is 0.125. The molecule has 1 unspecified atom stereocenters. The molecule has 0 radical (unpaired) electrons. The number of aromatic amines is 1. The quantitative estimate of drug-likeness (QED) is 0.775. The number of nitrogens with one attached hydrogen (secondary N) is 1. The predicted molar refractivity (Wildman–Crippen MR) is 79.9 cm³/mol. The molecule has 0 aliphatic carbocycles. The molecule has 5 nitrogen and oxygen atoms in total. The maximum atomic E-state index is 11.9. The maximum absolute atomic E-state index is 11.9. The Morgan fingerprint density at radius 3 is 2.48 bits per heavy atom. The van der Waals surface area contributed by atoms with Crippen molar-refractivity contribution in [2.24, 2.45) is 0 Å². The Morgan fingerprint density at radius 1 is 1.14 bits per heavy atom. The van der Waals surface area contributed by atoms with Gasteiger partial charge in [-0.1, -0.05) is 24.3 Å². The average Bonchev–Trinajstić information content (AvgIpc) is 2.84. The summed E-state index contributed by atoms with van der Waals surface area (Å²) in [5.74, 6) is -1.41. The molecule has 21 heavy (non-hydrogen) atoms. The number of H-pyrrole nitrogens is 1. The van der Waals surface area contributed by atoms with Gasteiger partial charge in [0.1, 0.15) is 0 Å². The van der Waals surface area contributed by atoms with E-state index < -0.39 is 11.9 Å². The van der Waals surface area contributed by atoms with Gasteiger partial charge in [0.25, 0.3) is 5.56 Å². The van der Waals surface area contributed by atoms with Crippen LogP contribution in [-0.4, -0.2) is 20.9 Å². The molecule has 2 N–H and O–H groups in total. The standard InChI is InChI=1S/C16H14N2O3/c1-10(16(20)21)11-6-8-12(9-7-11)18-14-5-3-2-4-13(14)15(19)17-18/h2-10H,1H3,(H,17,19)(H,20,21). The van der Waals surface area contributed by atoms with Crippen LogP contribution < -0.4 is 5.56 Å². The SMILES string of the molecule is CC(C(=O)O)c1ccc(-n2[nH]c(=O)c3ccccc32)cc1. The van der Waals surface area contributed by atoms with Crippen molar-refractivity contribution in [1.29, 1.82) is 0 Å². The molecule has 0 saturated carbocycles. The van der Waals surface area contributed by atoms with Crippen LogP contribution in [0.4, 0.5) is 0 Å². The molecule has 3 aromatic rings. The molecule has 0 aliphatic rings. The molecule has 3 rings (SSSR count). The normalized spacial score (nSPS) is 12.4. The number of fused-ring (bicyclic) bond motifs is 1. The average molecular weight is 282 g/mol. The van der Waals surface area contributed by atoms with Crippen molar-refractivity contribution >= 4 is 16.9 Å². The van der Waals surface area contributed by atoms with Crippen LogP contribution in [-0.2, 0) is 4.79 Å². The first-order valence-corrected chi connectivity index (χ1v) is 6.61. The molecule has 5 heteroatoms. The summed E-state index contributed by atoms with van der Waals surface area (Å²) >= 11 is 0. The topological polar surface area (TPSA) is 75.1 Å². The van der Waals surface area contributed by atoms with Gasteiger partial charge in [-0.25, -0.2) is 0 Å². The van der Waals surface area contributed by atoms with Crippen LogP contribution in [0.15, 0.2) is 53.3 Å². The fourth-order valence-electron chi connectivity index (χ4n) is 2.34. The summed E-state index contributed by atoms with van der Waals surface area (Å²) in [6, 6.07) is 14.5. The summed E-state index contributed by atoms with van der Waals surface area (Å²) in [6.45, 7) is 1.64. The first-order chi connectivity index (χ1) is 10.1. The van der Waals surface area contributed by atoms with Gasteiger partial charge < -0.3 is 5.11 Å². The minimum Gasteiger partial charge on any atom is -0.481 e. The zero-order valence-electron chi connectivity index (χ0n) is 11.4. The lowest BCUT2D eigenvalue weighted by Gasteiger charge is -2.09. The largest absolute Gasteiger partial charge is 0.481 e. The van der Waals surface area contributed by atoms with Gasteiger partial charge in [-0.2, -0.15) is 0 Å². The first-order valence-electron chi connectivity index (χ1n) is 6.61. The lowest BCUT2D eigenvalue weighted by Crippen LogP contribution is -2.08. The summed E-state index contributed by atoms with van der Waals surface area (Å²) in [5, 5.41) is 12.4. The summed E-state index contributed by atoms with van der Waals surface area (Å²) in [7, 11) is 0. The third-order valence-electron chi connectivity index (χ3n) is 3.62. The molecule has 0 aliphatic heterocycles. The molecule has 0 amide bonds. The number of para-hydroxylation sites is 1. The number of rotatable bonds is 3. The van der Waals surface area contributed by atoms with Gasteiger partial charge >= 0.3 is 5.97 Å². The Kier molecular flexibility index (Phi) is 3.10. The third-order valence-corrected chi connectivity index (χ3v) is 3.62. The summed E-state index contributed by atoms with van der Waals surface area (Å²) in [4.78, 5) is 22.9. The Hall–Kier alpha value is -2.82. The van der Waals surface area contributed by atoms with E-state index in [1.807, 2.05) is 18.2 Å². The van der Waals surface area contributed by atoms with Crippen LogP contribution >= 0.6 is 0 Å². The van der Waals surface area contributed by atoms with Gasteiger partial charge in [0.15, 0.2) is 0 Å². The van der Waals surface area contributed by atoms with Crippen LogP contribution in [0, 0.1) is 0 Å². The second-order valence-electron chi connectivity index (χ2n) is 4.94. The number of benzene rings is 2. The van der Waals surface area contributed by atoms with E-state index >= 15 is 0 Å². The summed E-state index contributed by atoms with van der Waals surface area (Å²) in [5.41, 5.74) is 2.16. The molecule has 0 fully saturated rings. The molecule has 1 atom stereocenters. The monoisotopic (exact) mass is 282 g/mol. The number of carboxylic acid groups (broad SMARTS) is 1. The molecular formula is C16H14N2O3. The van der Waals surface area contributed by atoms with E-state index in [0.29, 0.717) is 5.39 Å². The molecule has 1 aromatic heterocycles. The highest BCUT2D eigenvalue weighted by Gasteiger charge is 2.14. The Labute approximate surface area is 120 Å². The lowest BCUT2D eigenvalue weighted by atomic mass is 10.0. The second-order valence-corrected chi connectivity index (χ2v) is 4.94. The highest BCUT2D eigenvalue weighted by molar-refractivity contribution is 5.80. The fourth-order valence-corrected chi connectivity index (χ4v) is 2.34. The van der Waals surface area contributed by atoms with Crippen LogP contribution in [0.25, 0.3) is 16.6 Å². The van der Waals surface area contributed by atoms with Gasteiger partial charge in [-0.3, -0.25) is 19.4 Å². The molecule has 106 valence electrons. The third kappa shape index (κ3) is 2.23. The molecular weight excluding hydrogens is 268 g/mol. The molecule has 1 heterocycles.